The van der Waals surface area contributed by atoms with Gasteiger partial charge >= 0.3 is 0 Å². The zero-order chi connectivity index (χ0) is 21.8. The summed E-state index contributed by atoms with van der Waals surface area (Å²) < 4.78 is 1.96. The summed E-state index contributed by atoms with van der Waals surface area (Å²) in [6.07, 6.45) is 6.19. The summed E-state index contributed by atoms with van der Waals surface area (Å²) in [5, 5.41) is 5.04. The number of nitrogens with one attached hydrogen (secondary N) is 1. The molecule has 0 aliphatic rings. The number of carbonyl (C=O) groups is 2. The minimum absolute atomic E-state index is 0.0186. The monoisotopic (exact) mass is 412 g/mol. The number of primary amides is 1. The van der Waals surface area contributed by atoms with Crippen molar-refractivity contribution >= 4 is 22.6 Å². The first-order chi connectivity index (χ1) is 15.0. The summed E-state index contributed by atoms with van der Waals surface area (Å²) in [7, 11) is 0. The minimum atomic E-state index is -0.455. The summed E-state index contributed by atoms with van der Waals surface area (Å²) in [5.74, 6) is -0.555. The first-order valence-electron chi connectivity index (χ1n) is 10.2. The van der Waals surface area contributed by atoms with Crippen molar-refractivity contribution in [1.82, 2.24) is 14.9 Å². The van der Waals surface area contributed by atoms with Crippen molar-refractivity contribution in [2.75, 3.05) is 0 Å². The van der Waals surface area contributed by atoms with Crippen LogP contribution in [0.25, 0.3) is 21.9 Å². The molecule has 3 aromatic carbocycles. The van der Waals surface area contributed by atoms with Gasteiger partial charge in [-0.05, 0) is 52.6 Å². The van der Waals surface area contributed by atoms with Gasteiger partial charge in [0.25, 0.3) is 5.91 Å². The predicted molar refractivity (Wildman–Crippen MR) is 122 cm³/mol. The van der Waals surface area contributed by atoms with E-state index in [4.69, 9.17) is 5.73 Å². The van der Waals surface area contributed by atoms with Crippen LogP contribution in [0.5, 0.6) is 0 Å². The Morgan fingerprint density at radius 3 is 2.58 bits per heavy atom. The van der Waals surface area contributed by atoms with Gasteiger partial charge in [0, 0.05) is 36.1 Å². The minimum Gasteiger partial charge on any atom is -0.366 e. The molecular weight excluding hydrogens is 388 g/mol. The number of amides is 2. The molecule has 3 N–H and O–H groups in total. The normalized spacial score (nSPS) is 11.9. The third-order valence-corrected chi connectivity index (χ3v) is 5.42. The number of imidazole rings is 1. The molecule has 0 aliphatic carbocycles. The van der Waals surface area contributed by atoms with Gasteiger partial charge in [-0.2, -0.15) is 0 Å². The van der Waals surface area contributed by atoms with E-state index >= 15 is 0 Å². The topological polar surface area (TPSA) is 90.0 Å². The highest BCUT2D eigenvalue weighted by atomic mass is 16.2. The highest BCUT2D eigenvalue weighted by molar-refractivity contribution is 6.02. The first-order valence-corrected chi connectivity index (χ1v) is 10.2. The maximum atomic E-state index is 12.8. The van der Waals surface area contributed by atoms with E-state index < -0.39 is 5.91 Å². The quantitative estimate of drug-likeness (QED) is 0.481. The van der Waals surface area contributed by atoms with Crippen LogP contribution in [0.2, 0.25) is 0 Å². The maximum absolute atomic E-state index is 12.8. The molecule has 6 heteroatoms. The van der Waals surface area contributed by atoms with E-state index in [2.05, 4.69) is 10.3 Å². The number of aromatic nitrogens is 2. The van der Waals surface area contributed by atoms with Crippen LogP contribution in [-0.2, 0) is 6.54 Å². The SMILES string of the molecule is CCC(Cn1ccnc1)NC(=O)c1ccc2cc(-c3ccccc3C(N)=O)ccc2c1. The van der Waals surface area contributed by atoms with Crippen molar-refractivity contribution in [1.29, 1.82) is 0 Å². The molecule has 156 valence electrons. The molecule has 0 bridgehead atoms. The van der Waals surface area contributed by atoms with Crippen LogP contribution in [0.3, 0.4) is 0 Å². The average molecular weight is 412 g/mol. The molecular formula is C25H24N4O2. The molecule has 6 nitrogen and oxygen atoms in total. The van der Waals surface area contributed by atoms with E-state index in [1.54, 1.807) is 24.7 Å². The van der Waals surface area contributed by atoms with Crippen molar-refractivity contribution in [3.8, 4) is 11.1 Å². The summed E-state index contributed by atoms with van der Waals surface area (Å²) >= 11 is 0. The second-order valence-electron chi connectivity index (χ2n) is 7.52. The molecule has 1 heterocycles. The molecule has 0 saturated heterocycles. The van der Waals surface area contributed by atoms with E-state index in [0.29, 0.717) is 17.7 Å². The second-order valence-corrected chi connectivity index (χ2v) is 7.52. The number of carbonyl (C=O) groups excluding carboxylic acids is 2. The Hall–Kier alpha value is -3.93. The Morgan fingerprint density at radius 2 is 1.84 bits per heavy atom. The van der Waals surface area contributed by atoms with Gasteiger partial charge in [-0.25, -0.2) is 4.98 Å². The highest BCUT2D eigenvalue weighted by Gasteiger charge is 2.14. The molecule has 4 aromatic rings. The van der Waals surface area contributed by atoms with Crippen LogP contribution in [0.4, 0.5) is 0 Å². The van der Waals surface area contributed by atoms with Crippen LogP contribution in [0.15, 0.2) is 79.4 Å². The van der Waals surface area contributed by atoms with Gasteiger partial charge in [-0.1, -0.05) is 43.3 Å². The molecule has 31 heavy (non-hydrogen) atoms. The van der Waals surface area contributed by atoms with E-state index in [1.165, 1.54) is 0 Å². The van der Waals surface area contributed by atoms with Gasteiger partial charge in [0.15, 0.2) is 0 Å². The predicted octanol–water partition coefficient (Wildman–Crippen LogP) is 4.01. The van der Waals surface area contributed by atoms with Crippen molar-refractivity contribution in [3.63, 3.8) is 0 Å². The van der Waals surface area contributed by atoms with Gasteiger partial charge in [0.1, 0.15) is 0 Å². The highest BCUT2D eigenvalue weighted by Crippen LogP contribution is 2.27. The molecule has 1 aromatic heterocycles. The maximum Gasteiger partial charge on any atom is 0.251 e. The fraction of sp³-hybridized carbons (Fsp3) is 0.160. The van der Waals surface area contributed by atoms with E-state index in [-0.39, 0.29) is 11.9 Å². The average Bonchev–Trinajstić information content (AvgIpc) is 3.31. The lowest BCUT2D eigenvalue weighted by Crippen LogP contribution is -2.37. The molecule has 0 aliphatic heterocycles. The molecule has 1 atom stereocenters. The van der Waals surface area contributed by atoms with Gasteiger partial charge in [-0.3, -0.25) is 9.59 Å². The number of nitrogens with two attached hydrogens (primary N) is 1. The lowest BCUT2D eigenvalue weighted by atomic mass is 9.96. The number of hydrogen-bond acceptors (Lipinski definition) is 3. The van der Waals surface area contributed by atoms with Crippen LogP contribution in [-0.4, -0.2) is 27.4 Å². The van der Waals surface area contributed by atoms with Crippen LogP contribution in [0, 0.1) is 0 Å². The Labute approximate surface area is 180 Å². The number of nitrogens with zero attached hydrogens (tertiary/aromatic N) is 2. The Morgan fingerprint density at radius 1 is 1.06 bits per heavy atom. The molecule has 0 fully saturated rings. The zero-order valence-electron chi connectivity index (χ0n) is 17.3. The largest absolute Gasteiger partial charge is 0.366 e. The van der Waals surface area contributed by atoms with E-state index in [0.717, 1.165) is 28.3 Å². The molecule has 1 unspecified atom stereocenters. The first kappa shape index (κ1) is 20.3. The molecule has 4 rings (SSSR count). The number of fused-ring (bicyclic) bond motifs is 1. The van der Waals surface area contributed by atoms with E-state index in [9.17, 15) is 9.59 Å². The lowest BCUT2D eigenvalue weighted by Gasteiger charge is -2.17. The fourth-order valence-electron chi connectivity index (χ4n) is 3.70. The Bertz CT molecular complexity index is 1230. The number of rotatable bonds is 7. The van der Waals surface area contributed by atoms with Crippen LogP contribution >= 0.6 is 0 Å². The van der Waals surface area contributed by atoms with Gasteiger partial charge in [0.2, 0.25) is 5.91 Å². The standard InChI is InChI=1S/C25H24N4O2/c1-2-21(15-29-12-11-27-16-29)28-25(31)20-10-8-17-13-19(9-7-18(17)14-20)22-5-3-4-6-23(22)24(26)30/h3-14,16,21H,2,15H2,1H3,(H2,26,30)(H,28,31). The molecule has 2 amide bonds. The third-order valence-electron chi connectivity index (χ3n) is 5.42. The van der Waals surface area contributed by atoms with Crippen molar-refractivity contribution in [3.05, 3.63) is 90.5 Å². The van der Waals surface area contributed by atoms with Crippen molar-refractivity contribution in [2.24, 2.45) is 5.73 Å². The molecule has 0 radical (unpaired) electrons. The summed E-state index contributed by atoms with van der Waals surface area (Å²) in [6, 6.07) is 18.9. The fourth-order valence-corrected chi connectivity index (χ4v) is 3.70. The van der Waals surface area contributed by atoms with Crippen LogP contribution < -0.4 is 11.1 Å². The van der Waals surface area contributed by atoms with E-state index in [1.807, 2.05) is 66.2 Å². The lowest BCUT2D eigenvalue weighted by molar-refractivity contribution is 0.0931. The Kier molecular flexibility index (Phi) is 5.80. The van der Waals surface area contributed by atoms with Gasteiger partial charge in [-0.15, -0.1) is 0 Å². The summed E-state index contributed by atoms with van der Waals surface area (Å²) in [4.78, 5) is 28.6. The third kappa shape index (κ3) is 4.48. The van der Waals surface area contributed by atoms with Gasteiger partial charge < -0.3 is 15.6 Å². The van der Waals surface area contributed by atoms with Crippen molar-refractivity contribution in [2.45, 2.75) is 25.9 Å². The van der Waals surface area contributed by atoms with Crippen LogP contribution in [0.1, 0.15) is 34.1 Å². The molecule has 0 spiro atoms. The zero-order valence-corrected chi connectivity index (χ0v) is 17.3. The summed E-state index contributed by atoms with van der Waals surface area (Å²) in [6.45, 7) is 2.73. The summed E-state index contributed by atoms with van der Waals surface area (Å²) in [5.41, 5.74) is 8.33. The number of hydrogen-bond donors (Lipinski definition) is 2. The molecule has 0 saturated carbocycles. The van der Waals surface area contributed by atoms with Gasteiger partial charge in [0.05, 0.1) is 6.33 Å². The number of benzene rings is 3. The smallest absolute Gasteiger partial charge is 0.251 e. The second kappa shape index (κ2) is 8.83. The van der Waals surface area contributed by atoms with Crippen molar-refractivity contribution < 1.29 is 9.59 Å². The Balaban J connectivity index is 1.57.